The number of amides is 1. The number of nitro groups is 1. The lowest BCUT2D eigenvalue weighted by atomic mass is 10.0. The van der Waals surface area contributed by atoms with E-state index < -0.39 is 16.8 Å². The molecule has 1 amide bonds. The fraction of sp³-hybridized carbons (Fsp3) is 0.0500. The van der Waals surface area contributed by atoms with Crippen molar-refractivity contribution in [3.05, 3.63) is 87.2 Å². The molecular weight excluding hydrogens is 378 g/mol. The summed E-state index contributed by atoms with van der Waals surface area (Å²) in [6.45, 7) is 1.78. The second kappa shape index (κ2) is 8.17. The molecule has 0 fully saturated rings. The Labute approximate surface area is 164 Å². The van der Waals surface area contributed by atoms with Gasteiger partial charge in [0.15, 0.2) is 0 Å². The van der Waals surface area contributed by atoms with Crippen molar-refractivity contribution in [1.29, 1.82) is 0 Å². The molecule has 0 bridgehead atoms. The number of hydrogen-bond donors (Lipinski definition) is 2. The quantitative estimate of drug-likeness (QED) is 0.373. The molecule has 0 spiro atoms. The molecule has 0 aliphatic heterocycles. The van der Waals surface area contributed by atoms with E-state index in [1.165, 1.54) is 36.5 Å². The van der Waals surface area contributed by atoms with Gasteiger partial charge in [-0.05, 0) is 48.9 Å². The predicted molar refractivity (Wildman–Crippen MR) is 104 cm³/mol. The molecule has 2 N–H and O–H groups in total. The van der Waals surface area contributed by atoms with Gasteiger partial charge in [0.1, 0.15) is 11.5 Å². The van der Waals surface area contributed by atoms with E-state index in [1.54, 1.807) is 31.2 Å². The summed E-state index contributed by atoms with van der Waals surface area (Å²) in [5.41, 5.74) is 4.10. The van der Waals surface area contributed by atoms with Gasteiger partial charge in [-0.25, -0.2) is 10.2 Å². The number of hydrazone groups is 1. The molecule has 1 heterocycles. The number of nitro benzene ring substituents is 1. The van der Waals surface area contributed by atoms with Crippen molar-refractivity contribution >= 4 is 23.8 Å². The highest BCUT2D eigenvalue weighted by Gasteiger charge is 2.11. The Hall–Kier alpha value is -4.27. The van der Waals surface area contributed by atoms with Crippen molar-refractivity contribution in [1.82, 2.24) is 5.43 Å². The molecule has 0 aliphatic rings. The summed E-state index contributed by atoms with van der Waals surface area (Å²) in [7, 11) is 0. The van der Waals surface area contributed by atoms with Gasteiger partial charge >= 0.3 is 5.97 Å². The number of hydrogen-bond acceptors (Lipinski definition) is 6. The molecule has 0 aliphatic carbocycles. The summed E-state index contributed by atoms with van der Waals surface area (Å²) in [6.07, 6.45) is 1.31. The number of carboxylic acids is 1. The van der Waals surface area contributed by atoms with Crippen LogP contribution < -0.4 is 5.43 Å². The Balaban J connectivity index is 1.67. The van der Waals surface area contributed by atoms with Crippen LogP contribution >= 0.6 is 0 Å². The topological polar surface area (TPSA) is 135 Å². The maximum absolute atomic E-state index is 12.0. The highest BCUT2D eigenvalue weighted by Crippen LogP contribution is 2.26. The van der Waals surface area contributed by atoms with Crippen LogP contribution in [0.25, 0.3) is 11.3 Å². The first-order valence-corrected chi connectivity index (χ1v) is 8.37. The second-order valence-electron chi connectivity index (χ2n) is 6.04. The minimum atomic E-state index is -1.00. The largest absolute Gasteiger partial charge is 0.478 e. The van der Waals surface area contributed by atoms with Crippen LogP contribution in [0.4, 0.5) is 5.69 Å². The SMILES string of the molecule is Cc1cc(C(=O)O)ccc1-c1ccc(/C=N\NC(=O)c2ccc([N+](=O)[O-])cc2)o1. The lowest BCUT2D eigenvalue weighted by molar-refractivity contribution is -0.384. The van der Waals surface area contributed by atoms with Crippen LogP contribution in [0, 0.1) is 17.0 Å². The number of nitrogens with zero attached hydrogens (tertiary/aromatic N) is 2. The molecule has 0 atom stereocenters. The normalized spacial score (nSPS) is 10.8. The van der Waals surface area contributed by atoms with E-state index in [1.807, 2.05) is 0 Å². The third kappa shape index (κ3) is 4.53. The number of aryl methyl sites for hydroxylation is 1. The van der Waals surface area contributed by atoms with E-state index in [-0.39, 0.29) is 16.8 Å². The zero-order valence-corrected chi connectivity index (χ0v) is 15.2. The van der Waals surface area contributed by atoms with Gasteiger partial charge in [0.2, 0.25) is 0 Å². The molecule has 3 rings (SSSR count). The van der Waals surface area contributed by atoms with Crippen molar-refractivity contribution in [2.24, 2.45) is 5.10 Å². The van der Waals surface area contributed by atoms with Crippen LogP contribution in [-0.2, 0) is 0 Å². The Kier molecular flexibility index (Phi) is 5.49. The van der Waals surface area contributed by atoms with Crippen molar-refractivity contribution < 1.29 is 24.0 Å². The molecule has 3 aromatic rings. The van der Waals surface area contributed by atoms with E-state index in [4.69, 9.17) is 9.52 Å². The highest BCUT2D eigenvalue weighted by atomic mass is 16.6. The maximum Gasteiger partial charge on any atom is 0.335 e. The van der Waals surface area contributed by atoms with Gasteiger partial charge < -0.3 is 9.52 Å². The van der Waals surface area contributed by atoms with Crippen LogP contribution in [0.3, 0.4) is 0 Å². The molecule has 0 radical (unpaired) electrons. The smallest absolute Gasteiger partial charge is 0.335 e. The van der Waals surface area contributed by atoms with E-state index in [0.29, 0.717) is 11.5 Å². The van der Waals surface area contributed by atoms with E-state index >= 15 is 0 Å². The van der Waals surface area contributed by atoms with Gasteiger partial charge in [-0.15, -0.1) is 0 Å². The summed E-state index contributed by atoms with van der Waals surface area (Å²) >= 11 is 0. The maximum atomic E-state index is 12.0. The summed E-state index contributed by atoms with van der Waals surface area (Å²) in [5.74, 6) is -0.619. The molecule has 0 unspecified atom stereocenters. The third-order valence-corrected chi connectivity index (χ3v) is 4.06. The van der Waals surface area contributed by atoms with Gasteiger partial charge in [0, 0.05) is 23.3 Å². The fourth-order valence-electron chi connectivity index (χ4n) is 2.59. The summed E-state index contributed by atoms with van der Waals surface area (Å²) in [5, 5.41) is 23.5. The van der Waals surface area contributed by atoms with Gasteiger partial charge in [-0.2, -0.15) is 5.10 Å². The minimum absolute atomic E-state index is 0.111. The zero-order chi connectivity index (χ0) is 21.0. The number of carboxylic acid groups (broad SMARTS) is 1. The predicted octanol–water partition coefficient (Wildman–Crippen LogP) is 3.63. The van der Waals surface area contributed by atoms with Crippen LogP contribution in [0.1, 0.15) is 32.0 Å². The van der Waals surface area contributed by atoms with Gasteiger partial charge in [0.05, 0.1) is 16.7 Å². The van der Waals surface area contributed by atoms with Crippen LogP contribution in [-0.4, -0.2) is 28.1 Å². The van der Waals surface area contributed by atoms with E-state index in [9.17, 15) is 19.7 Å². The lowest BCUT2D eigenvalue weighted by Gasteiger charge is -2.03. The number of rotatable bonds is 6. The number of aromatic carboxylic acids is 1. The molecule has 146 valence electrons. The van der Waals surface area contributed by atoms with E-state index in [0.717, 1.165) is 11.1 Å². The molecule has 29 heavy (non-hydrogen) atoms. The van der Waals surface area contributed by atoms with Crippen molar-refractivity contribution in [2.75, 3.05) is 0 Å². The molecule has 0 saturated heterocycles. The van der Waals surface area contributed by atoms with Crippen molar-refractivity contribution in [3.8, 4) is 11.3 Å². The van der Waals surface area contributed by atoms with Crippen LogP contribution in [0.15, 0.2) is 64.1 Å². The van der Waals surface area contributed by atoms with Crippen LogP contribution in [0.5, 0.6) is 0 Å². The fourth-order valence-corrected chi connectivity index (χ4v) is 2.59. The van der Waals surface area contributed by atoms with E-state index in [2.05, 4.69) is 10.5 Å². The Morgan fingerprint density at radius 3 is 2.41 bits per heavy atom. The summed E-state index contributed by atoms with van der Waals surface area (Å²) in [4.78, 5) is 33.1. The van der Waals surface area contributed by atoms with Crippen molar-refractivity contribution in [3.63, 3.8) is 0 Å². The highest BCUT2D eigenvalue weighted by molar-refractivity contribution is 5.95. The average Bonchev–Trinajstić information content (AvgIpc) is 3.16. The molecular formula is C20H15N3O6. The van der Waals surface area contributed by atoms with Crippen LogP contribution in [0.2, 0.25) is 0 Å². The first-order chi connectivity index (χ1) is 13.8. The third-order valence-electron chi connectivity index (χ3n) is 4.06. The molecule has 2 aromatic carbocycles. The average molecular weight is 393 g/mol. The Morgan fingerprint density at radius 1 is 1.10 bits per heavy atom. The molecule has 0 saturated carbocycles. The van der Waals surface area contributed by atoms with Crippen molar-refractivity contribution in [2.45, 2.75) is 6.92 Å². The number of benzene rings is 2. The molecule has 9 heteroatoms. The standard InChI is InChI=1S/C20H15N3O6/c1-12-10-14(20(25)26)4-8-17(12)18-9-7-16(29-18)11-21-22-19(24)13-2-5-15(6-3-13)23(27)28/h2-11H,1H3,(H,22,24)(H,25,26)/b21-11-. The summed E-state index contributed by atoms with van der Waals surface area (Å²) in [6, 6.07) is 13.2. The molecule has 1 aromatic heterocycles. The first kappa shape index (κ1) is 19.5. The lowest BCUT2D eigenvalue weighted by Crippen LogP contribution is -2.17. The zero-order valence-electron chi connectivity index (χ0n) is 15.2. The number of non-ortho nitro benzene ring substituents is 1. The monoisotopic (exact) mass is 393 g/mol. The summed E-state index contributed by atoms with van der Waals surface area (Å²) < 4.78 is 5.66. The molecule has 9 nitrogen and oxygen atoms in total. The first-order valence-electron chi connectivity index (χ1n) is 8.37. The Morgan fingerprint density at radius 2 is 1.79 bits per heavy atom. The van der Waals surface area contributed by atoms with Gasteiger partial charge in [-0.1, -0.05) is 6.07 Å². The number of furan rings is 1. The Bertz CT molecular complexity index is 1120. The number of carbonyl (C=O) groups excluding carboxylic acids is 1. The van der Waals surface area contributed by atoms with Gasteiger partial charge in [0.25, 0.3) is 11.6 Å². The number of nitrogens with one attached hydrogen (secondary N) is 1. The number of carbonyl (C=O) groups is 2. The minimum Gasteiger partial charge on any atom is -0.478 e. The van der Waals surface area contributed by atoms with Gasteiger partial charge in [-0.3, -0.25) is 14.9 Å². The second-order valence-corrected chi connectivity index (χ2v) is 6.04.